The third kappa shape index (κ3) is 1.75. The van der Waals surface area contributed by atoms with Crippen LogP contribution in [0.25, 0.3) is 0 Å². The minimum atomic E-state index is -2.74. The van der Waals surface area contributed by atoms with Gasteiger partial charge in [-0.25, -0.2) is 8.78 Å². The standard InChI is InChI=1S/C8H6ClF2N3/c9-1-5-6(13)4(2-12)3-14-7(5)8(10)11/h3,8H,1H2,(H2,13,14). The molecule has 1 rings (SSSR count). The van der Waals surface area contributed by atoms with Crippen molar-refractivity contribution >= 4 is 17.3 Å². The molecule has 0 aliphatic carbocycles. The van der Waals surface area contributed by atoms with Crippen molar-refractivity contribution in [3.8, 4) is 6.07 Å². The molecule has 0 aromatic carbocycles. The molecule has 14 heavy (non-hydrogen) atoms. The highest BCUT2D eigenvalue weighted by Crippen LogP contribution is 2.28. The van der Waals surface area contributed by atoms with Crippen LogP contribution in [-0.4, -0.2) is 4.98 Å². The zero-order chi connectivity index (χ0) is 10.7. The van der Waals surface area contributed by atoms with Crippen molar-refractivity contribution in [2.75, 3.05) is 5.73 Å². The number of nitrogen functional groups attached to an aromatic ring is 1. The molecular weight excluding hydrogens is 212 g/mol. The van der Waals surface area contributed by atoms with Crippen LogP contribution >= 0.6 is 11.6 Å². The molecule has 6 heteroatoms. The van der Waals surface area contributed by atoms with E-state index in [4.69, 9.17) is 22.6 Å². The van der Waals surface area contributed by atoms with Gasteiger partial charge in [0.25, 0.3) is 6.43 Å². The lowest BCUT2D eigenvalue weighted by atomic mass is 10.1. The number of nitriles is 1. The van der Waals surface area contributed by atoms with Crippen LogP contribution < -0.4 is 5.73 Å². The van der Waals surface area contributed by atoms with Gasteiger partial charge in [0.05, 0.1) is 17.1 Å². The number of rotatable bonds is 2. The van der Waals surface area contributed by atoms with Gasteiger partial charge in [0.1, 0.15) is 11.8 Å². The molecule has 0 aliphatic rings. The molecule has 74 valence electrons. The first-order valence-electron chi connectivity index (χ1n) is 3.63. The van der Waals surface area contributed by atoms with Gasteiger partial charge in [-0.2, -0.15) is 5.26 Å². The highest BCUT2D eigenvalue weighted by molar-refractivity contribution is 6.17. The Labute approximate surface area is 84.1 Å². The topological polar surface area (TPSA) is 62.7 Å². The van der Waals surface area contributed by atoms with E-state index in [1.807, 2.05) is 0 Å². The number of hydrogen-bond acceptors (Lipinski definition) is 3. The Morgan fingerprint density at radius 2 is 2.29 bits per heavy atom. The van der Waals surface area contributed by atoms with E-state index in [0.717, 1.165) is 6.20 Å². The summed E-state index contributed by atoms with van der Waals surface area (Å²) < 4.78 is 24.7. The minimum Gasteiger partial charge on any atom is -0.397 e. The number of alkyl halides is 3. The summed E-state index contributed by atoms with van der Waals surface area (Å²) >= 11 is 5.45. The van der Waals surface area contributed by atoms with Crippen molar-refractivity contribution < 1.29 is 8.78 Å². The molecule has 1 aromatic rings. The fourth-order valence-electron chi connectivity index (χ4n) is 1.000. The number of pyridine rings is 1. The highest BCUT2D eigenvalue weighted by Gasteiger charge is 2.18. The lowest BCUT2D eigenvalue weighted by Gasteiger charge is -2.08. The van der Waals surface area contributed by atoms with Crippen LogP contribution in [0.1, 0.15) is 23.2 Å². The van der Waals surface area contributed by atoms with Gasteiger partial charge < -0.3 is 5.73 Å². The van der Waals surface area contributed by atoms with Crippen LogP contribution in [0.15, 0.2) is 6.20 Å². The summed E-state index contributed by atoms with van der Waals surface area (Å²) in [6.07, 6.45) is -1.72. The quantitative estimate of drug-likeness (QED) is 0.773. The zero-order valence-electron chi connectivity index (χ0n) is 6.97. The molecule has 0 unspecified atom stereocenters. The van der Waals surface area contributed by atoms with Crippen LogP contribution in [0.3, 0.4) is 0 Å². The third-order valence-electron chi connectivity index (χ3n) is 1.72. The van der Waals surface area contributed by atoms with Gasteiger partial charge in [-0.1, -0.05) is 0 Å². The molecule has 0 saturated carbocycles. The number of halogens is 3. The van der Waals surface area contributed by atoms with E-state index in [0.29, 0.717) is 0 Å². The molecule has 0 atom stereocenters. The Kier molecular flexibility index (Phi) is 3.20. The first-order valence-corrected chi connectivity index (χ1v) is 4.16. The van der Waals surface area contributed by atoms with Crippen molar-refractivity contribution in [1.29, 1.82) is 5.26 Å². The minimum absolute atomic E-state index is 0.0206. The van der Waals surface area contributed by atoms with Gasteiger partial charge in [-0.05, 0) is 0 Å². The lowest BCUT2D eigenvalue weighted by Crippen LogP contribution is -2.04. The molecule has 0 aliphatic heterocycles. The van der Waals surface area contributed by atoms with Crippen molar-refractivity contribution in [2.45, 2.75) is 12.3 Å². The molecule has 0 amide bonds. The van der Waals surface area contributed by atoms with Crippen molar-refractivity contribution in [3.05, 3.63) is 23.0 Å². The van der Waals surface area contributed by atoms with Gasteiger partial charge in [-0.15, -0.1) is 11.6 Å². The maximum absolute atomic E-state index is 12.4. The van der Waals surface area contributed by atoms with E-state index in [-0.39, 0.29) is 22.7 Å². The second kappa shape index (κ2) is 4.20. The summed E-state index contributed by atoms with van der Waals surface area (Å²) in [4.78, 5) is 3.44. The average Bonchev–Trinajstić information content (AvgIpc) is 2.17. The van der Waals surface area contributed by atoms with E-state index in [2.05, 4.69) is 4.98 Å². The molecule has 0 radical (unpaired) electrons. The van der Waals surface area contributed by atoms with Crippen molar-refractivity contribution in [1.82, 2.24) is 4.98 Å². The Bertz CT molecular complexity index is 387. The smallest absolute Gasteiger partial charge is 0.280 e. The molecule has 0 fully saturated rings. The van der Waals surface area contributed by atoms with E-state index < -0.39 is 12.1 Å². The molecule has 0 spiro atoms. The molecule has 0 bridgehead atoms. The molecule has 0 saturated heterocycles. The summed E-state index contributed by atoms with van der Waals surface area (Å²) in [7, 11) is 0. The molecule has 1 heterocycles. The van der Waals surface area contributed by atoms with Gasteiger partial charge in [0, 0.05) is 11.8 Å². The highest BCUT2D eigenvalue weighted by atomic mass is 35.5. The van der Waals surface area contributed by atoms with E-state index in [1.54, 1.807) is 6.07 Å². The van der Waals surface area contributed by atoms with Crippen molar-refractivity contribution in [2.24, 2.45) is 0 Å². The second-order valence-electron chi connectivity index (χ2n) is 2.50. The van der Waals surface area contributed by atoms with Crippen LogP contribution in [0, 0.1) is 11.3 Å². The summed E-state index contributed by atoms with van der Waals surface area (Å²) in [6.45, 7) is 0. The molecule has 2 N–H and O–H groups in total. The van der Waals surface area contributed by atoms with Crippen LogP contribution in [0.2, 0.25) is 0 Å². The van der Waals surface area contributed by atoms with E-state index >= 15 is 0 Å². The van der Waals surface area contributed by atoms with Crippen LogP contribution in [-0.2, 0) is 5.88 Å². The van der Waals surface area contributed by atoms with Crippen LogP contribution in [0.4, 0.5) is 14.5 Å². The summed E-state index contributed by atoms with van der Waals surface area (Å²) in [6, 6.07) is 1.75. The summed E-state index contributed by atoms with van der Waals surface area (Å²) in [5.74, 6) is -0.186. The number of nitrogens with zero attached hydrogens (tertiary/aromatic N) is 2. The monoisotopic (exact) mass is 217 g/mol. The largest absolute Gasteiger partial charge is 0.397 e. The van der Waals surface area contributed by atoms with Gasteiger partial charge in [-0.3, -0.25) is 4.98 Å². The number of aromatic nitrogens is 1. The van der Waals surface area contributed by atoms with Gasteiger partial charge >= 0.3 is 0 Å². The molecular formula is C8H6ClF2N3. The maximum Gasteiger partial charge on any atom is 0.280 e. The maximum atomic E-state index is 12.4. The predicted molar refractivity (Wildman–Crippen MR) is 47.9 cm³/mol. The summed E-state index contributed by atoms with van der Waals surface area (Å²) in [5.41, 5.74) is 5.07. The Morgan fingerprint density at radius 1 is 1.64 bits per heavy atom. The second-order valence-corrected chi connectivity index (χ2v) is 2.76. The fraction of sp³-hybridized carbons (Fsp3) is 0.250. The SMILES string of the molecule is N#Cc1cnc(C(F)F)c(CCl)c1N. The average molecular weight is 218 g/mol. The Morgan fingerprint density at radius 3 is 2.71 bits per heavy atom. The molecule has 3 nitrogen and oxygen atoms in total. The predicted octanol–water partition coefficient (Wildman–Crippen LogP) is 2.21. The Balaban J connectivity index is 3.38. The van der Waals surface area contributed by atoms with Crippen LogP contribution in [0.5, 0.6) is 0 Å². The summed E-state index contributed by atoms with van der Waals surface area (Å²) in [5, 5.41) is 8.57. The molecule has 1 aromatic heterocycles. The first kappa shape index (κ1) is 10.7. The Hall–Kier alpha value is -1.41. The van der Waals surface area contributed by atoms with E-state index in [9.17, 15) is 8.78 Å². The number of nitrogens with two attached hydrogens (primary N) is 1. The zero-order valence-corrected chi connectivity index (χ0v) is 7.72. The fourth-order valence-corrected chi connectivity index (χ4v) is 1.28. The van der Waals surface area contributed by atoms with E-state index in [1.165, 1.54) is 0 Å². The first-order chi connectivity index (χ1) is 6.61. The number of hydrogen-bond donors (Lipinski definition) is 1. The third-order valence-corrected chi connectivity index (χ3v) is 1.99. The lowest BCUT2D eigenvalue weighted by molar-refractivity contribution is 0.145. The van der Waals surface area contributed by atoms with Gasteiger partial charge in [0.15, 0.2) is 0 Å². The van der Waals surface area contributed by atoms with Crippen molar-refractivity contribution in [3.63, 3.8) is 0 Å². The number of anilines is 1. The van der Waals surface area contributed by atoms with Gasteiger partial charge in [0.2, 0.25) is 0 Å². The normalized spacial score (nSPS) is 10.2.